The van der Waals surface area contributed by atoms with E-state index in [0.717, 1.165) is 10.2 Å². The van der Waals surface area contributed by atoms with E-state index in [2.05, 4.69) is 10.3 Å². The molecule has 0 aliphatic carbocycles. The standard InChI is InChI=1S/C14H10N2O4S/c17-13(8-5-12-10(15-6-8)3-4-21-12)16-7-9-1-2-11(20-9)14(18)19/h1-6H,7H2,(H,16,17)(H,18,19). The van der Waals surface area contributed by atoms with Crippen LogP contribution in [0.3, 0.4) is 0 Å². The number of fused-ring (bicyclic) bond motifs is 1. The second-order valence-corrected chi connectivity index (χ2v) is 5.23. The van der Waals surface area contributed by atoms with E-state index in [0.29, 0.717) is 11.3 Å². The van der Waals surface area contributed by atoms with E-state index in [1.807, 2.05) is 11.4 Å². The lowest BCUT2D eigenvalue weighted by atomic mass is 10.2. The van der Waals surface area contributed by atoms with Crippen LogP contribution >= 0.6 is 11.3 Å². The Balaban J connectivity index is 1.69. The molecule has 0 fully saturated rings. The number of furan rings is 1. The first kappa shape index (κ1) is 13.3. The van der Waals surface area contributed by atoms with Crippen molar-refractivity contribution >= 4 is 33.4 Å². The summed E-state index contributed by atoms with van der Waals surface area (Å²) < 4.78 is 6.00. The van der Waals surface area contributed by atoms with Gasteiger partial charge in [-0.05, 0) is 29.6 Å². The summed E-state index contributed by atoms with van der Waals surface area (Å²) in [6.07, 6.45) is 1.51. The third-order valence-corrected chi connectivity index (χ3v) is 3.71. The highest BCUT2D eigenvalue weighted by molar-refractivity contribution is 7.17. The summed E-state index contributed by atoms with van der Waals surface area (Å²) in [7, 11) is 0. The van der Waals surface area contributed by atoms with Gasteiger partial charge in [0.15, 0.2) is 0 Å². The number of carbonyl (C=O) groups is 2. The van der Waals surface area contributed by atoms with Gasteiger partial charge in [0.2, 0.25) is 5.76 Å². The van der Waals surface area contributed by atoms with Gasteiger partial charge in [-0.15, -0.1) is 11.3 Å². The lowest BCUT2D eigenvalue weighted by Gasteiger charge is -2.03. The van der Waals surface area contributed by atoms with Gasteiger partial charge in [-0.2, -0.15) is 0 Å². The van der Waals surface area contributed by atoms with Crippen molar-refractivity contribution in [2.75, 3.05) is 0 Å². The van der Waals surface area contributed by atoms with Gasteiger partial charge in [0.25, 0.3) is 5.91 Å². The largest absolute Gasteiger partial charge is 0.475 e. The van der Waals surface area contributed by atoms with Crippen molar-refractivity contribution in [3.63, 3.8) is 0 Å². The van der Waals surface area contributed by atoms with Crippen LogP contribution in [-0.4, -0.2) is 22.0 Å². The maximum Gasteiger partial charge on any atom is 0.371 e. The Kier molecular flexibility index (Phi) is 3.41. The van der Waals surface area contributed by atoms with Crippen LogP contribution in [0.2, 0.25) is 0 Å². The molecule has 0 spiro atoms. The molecule has 0 aliphatic rings. The Morgan fingerprint density at radius 2 is 2.19 bits per heavy atom. The van der Waals surface area contributed by atoms with Crippen molar-refractivity contribution in [1.82, 2.24) is 10.3 Å². The summed E-state index contributed by atoms with van der Waals surface area (Å²) in [6.45, 7) is 0.120. The summed E-state index contributed by atoms with van der Waals surface area (Å²) in [6, 6.07) is 6.53. The fourth-order valence-corrected chi connectivity index (χ4v) is 2.61. The molecule has 1 amide bonds. The molecule has 3 heterocycles. The lowest BCUT2D eigenvalue weighted by molar-refractivity contribution is 0.0660. The van der Waals surface area contributed by atoms with Gasteiger partial charge >= 0.3 is 5.97 Å². The normalized spacial score (nSPS) is 10.7. The molecule has 0 atom stereocenters. The number of aromatic carboxylic acids is 1. The van der Waals surface area contributed by atoms with Gasteiger partial charge in [-0.3, -0.25) is 9.78 Å². The van der Waals surface area contributed by atoms with Crippen LogP contribution in [0.25, 0.3) is 10.2 Å². The highest BCUT2D eigenvalue weighted by Crippen LogP contribution is 2.19. The van der Waals surface area contributed by atoms with Crippen molar-refractivity contribution in [3.8, 4) is 0 Å². The van der Waals surface area contributed by atoms with E-state index in [1.165, 1.54) is 29.7 Å². The molecular weight excluding hydrogens is 292 g/mol. The molecule has 0 aliphatic heterocycles. The van der Waals surface area contributed by atoms with Crippen LogP contribution < -0.4 is 5.32 Å². The van der Waals surface area contributed by atoms with E-state index in [9.17, 15) is 9.59 Å². The highest BCUT2D eigenvalue weighted by atomic mass is 32.1. The maximum atomic E-state index is 12.0. The fraction of sp³-hybridized carbons (Fsp3) is 0.0714. The van der Waals surface area contributed by atoms with Crippen LogP contribution in [-0.2, 0) is 6.54 Å². The van der Waals surface area contributed by atoms with Crippen LogP contribution in [0, 0.1) is 0 Å². The topological polar surface area (TPSA) is 92.4 Å². The first-order chi connectivity index (χ1) is 10.1. The van der Waals surface area contributed by atoms with Crippen LogP contribution in [0.1, 0.15) is 26.7 Å². The molecule has 0 radical (unpaired) electrons. The molecule has 6 nitrogen and oxygen atoms in total. The molecule has 3 rings (SSSR count). The van der Waals surface area contributed by atoms with Gasteiger partial charge < -0.3 is 14.8 Å². The molecule has 0 bridgehead atoms. The van der Waals surface area contributed by atoms with Crippen molar-refractivity contribution in [2.24, 2.45) is 0 Å². The van der Waals surface area contributed by atoms with Gasteiger partial charge in [-0.25, -0.2) is 4.79 Å². The number of carboxylic acid groups (broad SMARTS) is 1. The molecular formula is C14H10N2O4S. The molecule has 3 aromatic heterocycles. The molecule has 0 unspecified atom stereocenters. The summed E-state index contributed by atoms with van der Waals surface area (Å²) in [5.41, 5.74) is 1.31. The average molecular weight is 302 g/mol. The number of pyridine rings is 1. The van der Waals surface area contributed by atoms with Gasteiger partial charge in [0.05, 0.1) is 22.3 Å². The highest BCUT2D eigenvalue weighted by Gasteiger charge is 2.11. The van der Waals surface area contributed by atoms with Crippen LogP contribution in [0.15, 0.2) is 40.3 Å². The van der Waals surface area contributed by atoms with Crippen molar-refractivity contribution in [3.05, 3.63) is 52.9 Å². The SMILES string of the molecule is O=C(NCc1ccc(C(=O)O)o1)c1cnc2ccsc2c1. The molecule has 0 saturated heterocycles. The minimum absolute atomic E-state index is 0.120. The number of carbonyl (C=O) groups excluding carboxylic acids is 1. The zero-order valence-corrected chi connectivity index (χ0v) is 11.5. The molecule has 7 heteroatoms. The van der Waals surface area contributed by atoms with Crippen LogP contribution in [0.5, 0.6) is 0 Å². The third-order valence-electron chi connectivity index (χ3n) is 2.86. The van der Waals surface area contributed by atoms with Crippen molar-refractivity contribution in [1.29, 1.82) is 0 Å². The Labute approximate surface area is 123 Å². The summed E-state index contributed by atoms with van der Waals surface area (Å²) in [5, 5.41) is 13.3. The van der Waals surface area contributed by atoms with Gasteiger partial charge in [0, 0.05) is 6.20 Å². The fourth-order valence-electron chi connectivity index (χ4n) is 1.83. The second-order valence-electron chi connectivity index (χ2n) is 4.28. The third kappa shape index (κ3) is 2.77. The Bertz CT molecular complexity index is 821. The number of thiophene rings is 1. The molecule has 0 aromatic carbocycles. The quantitative estimate of drug-likeness (QED) is 0.772. The Hall–Kier alpha value is -2.67. The number of nitrogens with zero attached hydrogens (tertiary/aromatic N) is 1. The number of nitrogens with one attached hydrogen (secondary N) is 1. The molecule has 2 N–H and O–H groups in total. The molecule has 3 aromatic rings. The van der Waals surface area contributed by atoms with Gasteiger partial charge in [-0.1, -0.05) is 0 Å². The number of carboxylic acids is 1. The van der Waals surface area contributed by atoms with Gasteiger partial charge in [0.1, 0.15) is 5.76 Å². The van der Waals surface area contributed by atoms with E-state index >= 15 is 0 Å². The van der Waals surface area contributed by atoms with E-state index in [1.54, 1.807) is 6.07 Å². The zero-order valence-electron chi connectivity index (χ0n) is 10.7. The van der Waals surface area contributed by atoms with Crippen molar-refractivity contribution < 1.29 is 19.1 Å². The minimum Gasteiger partial charge on any atom is -0.475 e. The number of rotatable bonds is 4. The van der Waals surface area contributed by atoms with Crippen LogP contribution in [0.4, 0.5) is 0 Å². The molecule has 0 saturated carbocycles. The summed E-state index contributed by atoms with van der Waals surface area (Å²) in [5.74, 6) is -1.20. The smallest absolute Gasteiger partial charge is 0.371 e. The summed E-state index contributed by atoms with van der Waals surface area (Å²) >= 11 is 1.51. The number of amides is 1. The average Bonchev–Trinajstić information content (AvgIpc) is 3.12. The summed E-state index contributed by atoms with van der Waals surface area (Å²) in [4.78, 5) is 26.9. The Morgan fingerprint density at radius 3 is 2.95 bits per heavy atom. The number of aromatic nitrogens is 1. The Morgan fingerprint density at radius 1 is 1.33 bits per heavy atom. The first-order valence-corrected chi connectivity index (χ1v) is 6.95. The number of hydrogen-bond donors (Lipinski definition) is 2. The van der Waals surface area contributed by atoms with E-state index in [-0.39, 0.29) is 18.2 Å². The first-order valence-electron chi connectivity index (χ1n) is 6.07. The van der Waals surface area contributed by atoms with E-state index in [4.69, 9.17) is 9.52 Å². The predicted molar refractivity (Wildman–Crippen MR) is 76.5 cm³/mol. The molecule has 21 heavy (non-hydrogen) atoms. The lowest BCUT2D eigenvalue weighted by Crippen LogP contribution is -2.22. The van der Waals surface area contributed by atoms with E-state index < -0.39 is 5.97 Å². The zero-order chi connectivity index (χ0) is 14.8. The predicted octanol–water partition coefficient (Wildman–Crippen LogP) is 2.52. The minimum atomic E-state index is -1.14. The maximum absolute atomic E-state index is 12.0. The van der Waals surface area contributed by atoms with Crippen molar-refractivity contribution in [2.45, 2.75) is 6.54 Å². The number of hydrogen-bond acceptors (Lipinski definition) is 5. The second kappa shape index (κ2) is 5.37. The molecule has 106 valence electrons. The monoisotopic (exact) mass is 302 g/mol.